The Morgan fingerprint density at radius 1 is 1.11 bits per heavy atom. The van der Waals surface area contributed by atoms with Crippen molar-refractivity contribution in [3.05, 3.63) is 58.2 Å². The van der Waals surface area contributed by atoms with Gasteiger partial charge in [0.05, 0.1) is 34.8 Å². The van der Waals surface area contributed by atoms with Gasteiger partial charge in [-0.15, -0.1) is 11.3 Å². The summed E-state index contributed by atoms with van der Waals surface area (Å²) in [6, 6.07) is 8.50. The third kappa shape index (κ3) is 8.53. The molecule has 4 aliphatic heterocycles. The molecular weight excluding hydrogens is 840 g/mol. The summed E-state index contributed by atoms with van der Waals surface area (Å²) in [5, 5.41) is 3.98. The summed E-state index contributed by atoms with van der Waals surface area (Å²) < 4.78 is 29.9. The Hall–Kier alpha value is -4.71. The second-order valence-electron chi connectivity index (χ2n) is 18.5. The minimum Gasteiger partial charge on any atom is -0.464 e. The Morgan fingerprint density at radius 3 is 2.59 bits per heavy atom. The van der Waals surface area contributed by atoms with E-state index in [0.717, 1.165) is 44.7 Å². The first-order valence-electron chi connectivity index (χ1n) is 22.2. The second kappa shape index (κ2) is 17.7. The summed E-state index contributed by atoms with van der Waals surface area (Å²) in [6.07, 6.45) is 2.92. The number of carbonyl (C=O) groups is 4. The highest BCUT2D eigenvalue weighted by molar-refractivity contribution is 7.10. The van der Waals surface area contributed by atoms with Gasteiger partial charge in [-0.1, -0.05) is 33.8 Å². The number of benzene rings is 1. The Labute approximate surface area is 375 Å². The van der Waals surface area contributed by atoms with Crippen LogP contribution in [-0.4, -0.2) is 131 Å². The first-order chi connectivity index (χ1) is 30.1. The highest BCUT2D eigenvalue weighted by Crippen LogP contribution is 2.43. The number of cyclic esters (lactones) is 1. The van der Waals surface area contributed by atoms with Gasteiger partial charge in [0.25, 0.3) is 5.91 Å². The molecule has 14 nitrogen and oxygen atoms in total. The molecule has 4 aromatic rings. The van der Waals surface area contributed by atoms with Gasteiger partial charge in [-0.2, -0.15) is 0 Å². The fourth-order valence-corrected chi connectivity index (χ4v) is 11.9. The zero-order valence-corrected chi connectivity index (χ0v) is 39.4. The lowest BCUT2D eigenvalue weighted by molar-refractivity contribution is -0.156. The van der Waals surface area contributed by atoms with Crippen molar-refractivity contribution in [2.24, 2.45) is 11.3 Å². The SMILES string of the molecule is CCn1c(-c2cccnc2[C@H](C)OC)c2c3cc(ccc31)-c1csc(n1)C[C@]1([Si]N1C(=O)[C@H](C(C)C)N(C)C(=O)N1CCC(F)CC1)C(=O)N1CCC[C@H](N1)C(=O)OCC(C)(C)C2. The number of halogens is 1. The topological polar surface area (TPSA) is 142 Å². The van der Waals surface area contributed by atoms with E-state index in [1.54, 1.807) is 29.8 Å². The number of urea groups is 1. The van der Waals surface area contributed by atoms with Gasteiger partial charge < -0.3 is 28.4 Å². The number of fused-ring (bicyclic) bond motifs is 6. The molecule has 3 saturated heterocycles. The van der Waals surface area contributed by atoms with Crippen LogP contribution in [0.5, 0.6) is 0 Å². The number of aromatic nitrogens is 3. The molecule has 3 fully saturated rings. The zero-order valence-electron chi connectivity index (χ0n) is 37.6. The smallest absolute Gasteiger partial charge is 0.324 e. The maximum absolute atomic E-state index is 14.9. The summed E-state index contributed by atoms with van der Waals surface area (Å²) in [7, 11) is 3.09. The number of likely N-dealkylation sites (N-methyl/N-ethyl adjacent to an activating group) is 1. The van der Waals surface area contributed by atoms with Crippen LogP contribution in [0.25, 0.3) is 33.4 Å². The fraction of sp³-hybridized carbons (Fsp3) is 0.565. The van der Waals surface area contributed by atoms with Gasteiger partial charge in [0, 0.05) is 85.8 Å². The average molecular weight is 899 g/mol. The maximum Gasteiger partial charge on any atom is 0.324 e. The van der Waals surface area contributed by atoms with Gasteiger partial charge in [-0.05, 0) is 81.7 Å². The Kier molecular flexibility index (Phi) is 12.6. The molecule has 1 N–H and O–H groups in total. The van der Waals surface area contributed by atoms with E-state index >= 15 is 0 Å². The Bertz CT molecular complexity index is 2400. The number of esters is 1. The molecule has 1 spiro atoms. The minimum absolute atomic E-state index is 0.141. The number of aryl methyl sites for hydroxylation is 1. The van der Waals surface area contributed by atoms with Crippen molar-refractivity contribution in [3.63, 3.8) is 0 Å². The predicted molar refractivity (Wildman–Crippen MR) is 240 cm³/mol. The molecule has 4 aliphatic rings. The van der Waals surface area contributed by atoms with Crippen molar-refractivity contribution in [2.75, 3.05) is 40.4 Å². The van der Waals surface area contributed by atoms with E-state index in [1.165, 1.54) is 21.2 Å². The summed E-state index contributed by atoms with van der Waals surface area (Å²) in [4.78, 5) is 70.3. The number of piperidine rings is 1. The molecule has 1 aromatic carbocycles. The number of methoxy groups -OCH3 is 1. The van der Waals surface area contributed by atoms with Crippen LogP contribution < -0.4 is 5.43 Å². The van der Waals surface area contributed by atoms with Gasteiger partial charge in [0.15, 0.2) is 0 Å². The lowest BCUT2D eigenvalue weighted by Crippen LogP contribution is -2.60. The monoisotopic (exact) mass is 898 g/mol. The zero-order chi connectivity index (χ0) is 45.0. The number of alkyl halides is 1. The second-order valence-corrected chi connectivity index (χ2v) is 21.0. The van der Waals surface area contributed by atoms with E-state index in [0.29, 0.717) is 37.4 Å². The molecule has 8 rings (SSSR count). The quantitative estimate of drug-likeness (QED) is 0.127. The first kappa shape index (κ1) is 44.9. The van der Waals surface area contributed by atoms with Gasteiger partial charge in [0.1, 0.15) is 23.4 Å². The van der Waals surface area contributed by atoms with E-state index in [2.05, 4.69) is 55.0 Å². The number of ether oxygens (including phenoxy) is 2. The van der Waals surface area contributed by atoms with Crippen molar-refractivity contribution < 1.29 is 33.0 Å². The van der Waals surface area contributed by atoms with Crippen LogP contribution in [0, 0.1) is 11.3 Å². The standard InChI is InChI=1S/C46H59FN8O6SSi/c1-9-53-36-15-14-29-22-32(36)33(40(53)31-12-10-18-48-38(31)28(4)60-8)23-45(5,6)26-61-42(57)34-13-11-19-54(50-34)43(58)46(24-37-49-35(29)25-62-37)55(63-46)41(56)39(27(2)3)51(7)44(59)52-20-16-30(47)17-21-52/h10,12,14-15,18,22,25,27-28,30,34,39,50H,9,11,13,16-17,19-21,23-24,26H2,1-8H3/t28-,34-,39-,46-,55?/m0/s1. The number of nitrogens with one attached hydrogen (secondary N) is 1. The van der Waals surface area contributed by atoms with Crippen molar-refractivity contribution in [1.29, 1.82) is 0 Å². The van der Waals surface area contributed by atoms with E-state index in [4.69, 9.17) is 19.4 Å². The normalized spacial score (nSPS) is 22.9. The number of amides is 4. The highest BCUT2D eigenvalue weighted by Gasteiger charge is 2.65. The van der Waals surface area contributed by atoms with E-state index in [-0.39, 0.29) is 78.5 Å². The Balaban J connectivity index is 1.20. The molecule has 4 atom stereocenters. The van der Waals surface area contributed by atoms with Gasteiger partial charge in [-0.25, -0.2) is 19.6 Å². The van der Waals surface area contributed by atoms with Gasteiger partial charge >= 0.3 is 12.0 Å². The van der Waals surface area contributed by atoms with Crippen LogP contribution in [0.3, 0.4) is 0 Å². The minimum atomic E-state index is -1.27. The lowest BCUT2D eigenvalue weighted by atomic mass is 9.84. The van der Waals surface area contributed by atoms with Crippen LogP contribution in [0.1, 0.15) is 89.6 Å². The molecule has 7 heterocycles. The molecule has 0 saturated carbocycles. The number of nitrogens with zero attached hydrogens (tertiary/aromatic N) is 7. The predicted octanol–water partition coefficient (Wildman–Crippen LogP) is 6.39. The van der Waals surface area contributed by atoms with Crippen molar-refractivity contribution in [1.82, 2.24) is 39.3 Å². The lowest BCUT2D eigenvalue weighted by Gasteiger charge is -2.38. The van der Waals surface area contributed by atoms with Crippen LogP contribution in [0.2, 0.25) is 0 Å². The molecule has 336 valence electrons. The third-order valence-electron chi connectivity index (χ3n) is 13.0. The number of thiazole rings is 1. The number of rotatable bonds is 7. The van der Waals surface area contributed by atoms with Crippen LogP contribution in [-0.2, 0) is 43.2 Å². The molecule has 0 unspecified atom stereocenters. The van der Waals surface area contributed by atoms with Crippen LogP contribution >= 0.6 is 11.3 Å². The third-order valence-corrected chi connectivity index (χ3v) is 15.5. The number of carbonyl (C=O) groups excluding carboxylic acids is 4. The van der Waals surface area contributed by atoms with Crippen LogP contribution in [0.4, 0.5) is 9.18 Å². The van der Waals surface area contributed by atoms with E-state index in [1.807, 2.05) is 32.2 Å². The van der Waals surface area contributed by atoms with Gasteiger partial charge in [0.2, 0.25) is 15.6 Å². The molecule has 4 amide bonds. The molecular formula is C46H59FN8O6SSi. The number of hydrazine groups is 1. The van der Waals surface area contributed by atoms with Gasteiger partial charge in [-0.3, -0.25) is 24.4 Å². The van der Waals surface area contributed by atoms with Crippen LogP contribution in [0.15, 0.2) is 41.9 Å². The molecule has 17 heteroatoms. The molecule has 6 bridgehead atoms. The number of pyridine rings is 1. The summed E-state index contributed by atoms with van der Waals surface area (Å²) in [5.41, 5.74) is 9.41. The molecule has 63 heavy (non-hydrogen) atoms. The number of hydrogen-bond acceptors (Lipinski definition) is 10. The Morgan fingerprint density at radius 2 is 1.87 bits per heavy atom. The van der Waals surface area contributed by atoms with E-state index in [9.17, 15) is 23.6 Å². The summed E-state index contributed by atoms with van der Waals surface area (Å²) in [5.74, 6) is -1.36. The fourth-order valence-electron chi connectivity index (χ4n) is 9.57. The molecule has 2 radical (unpaired) electrons. The maximum atomic E-state index is 14.9. The summed E-state index contributed by atoms with van der Waals surface area (Å²) >= 11 is 1.45. The molecule has 0 aliphatic carbocycles. The van der Waals surface area contributed by atoms with Crippen molar-refractivity contribution in [2.45, 2.75) is 116 Å². The number of hydrogen-bond donors (Lipinski definition) is 1. The highest BCUT2D eigenvalue weighted by atomic mass is 32.1. The van der Waals surface area contributed by atoms with E-state index < -0.39 is 34.8 Å². The number of likely N-dealkylation sites (tertiary alicyclic amines) is 1. The molecule has 3 aromatic heterocycles. The average Bonchev–Trinajstić information content (AvgIpc) is 3.68. The van der Waals surface area contributed by atoms with Crippen molar-refractivity contribution in [3.8, 4) is 22.5 Å². The van der Waals surface area contributed by atoms with Crippen molar-refractivity contribution >= 4 is 55.7 Å². The first-order valence-corrected chi connectivity index (χ1v) is 24.0. The summed E-state index contributed by atoms with van der Waals surface area (Å²) in [6.45, 7) is 13.9. The largest absolute Gasteiger partial charge is 0.464 e.